The molecule has 1 rings (SSSR count). The van der Waals surface area contributed by atoms with Crippen molar-refractivity contribution < 1.29 is 14.7 Å². The average molecular weight is 279 g/mol. The molecule has 0 aliphatic heterocycles. The Balaban J connectivity index is 2.49. The number of carbonyl (C=O) groups excluding carboxylic acids is 1. The number of aromatic carboxylic acids is 1. The van der Waals surface area contributed by atoms with E-state index in [0.717, 1.165) is 6.42 Å². The first-order chi connectivity index (χ1) is 9.43. The SMILES string of the molecule is CCC(C)C(C)NC(=O)NCc1cc(C(=O)O)ccn1. The van der Waals surface area contributed by atoms with E-state index >= 15 is 0 Å². The van der Waals surface area contributed by atoms with Crippen LogP contribution in [0.25, 0.3) is 0 Å². The third-order valence-electron chi connectivity index (χ3n) is 3.35. The summed E-state index contributed by atoms with van der Waals surface area (Å²) in [5, 5.41) is 14.4. The highest BCUT2D eigenvalue weighted by Gasteiger charge is 2.13. The van der Waals surface area contributed by atoms with E-state index in [0.29, 0.717) is 11.6 Å². The molecule has 0 bridgehead atoms. The molecule has 1 aromatic heterocycles. The van der Waals surface area contributed by atoms with Gasteiger partial charge in [0.1, 0.15) is 0 Å². The molecule has 2 amide bonds. The third kappa shape index (κ3) is 4.87. The van der Waals surface area contributed by atoms with Crippen LogP contribution in [0.1, 0.15) is 43.2 Å². The Hall–Kier alpha value is -2.11. The second kappa shape index (κ2) is 7.47. The Morgan fingerprint density at radius 3 is 2.70 bits per heavy atom. The number of carbonyl (C=O) groups is 2. The highest BCUT2D eigenvalue weighted by Crippen LogP contribution is 2.06. The minimum Gasteiger partial charge on any atom is -0.478 e. The van der Waals surface area contributed by atoms with Crippen LogP contribution in [-0.2, 0) is 6.54 Å². The number of nitrogens with one attached hydrogen (secondary N) is 2. The lowest BCUT2D eigenvalue weighted by Crippen LogP contribution is -2.43. The number of hydrogen-bond acceptors (Lipinski definition) is 3. The first kappa shape index (κ1) is 15.9. The third-order valence-corrected chi connectivity index (χ3v) is 3.35. The van der Waals surface area contributed by atoms with Gasteiger partial charge < -0.3 is 15.7 Å². The van der Waals surface area contributed by atoms with Crippen molar-refractivity contribution in [2.45, 2.75) is 39.8 Å². The summed E-state index contributed by atoms with van der Waals surface area (Å²) < 4.78 is 0. The van der Waals surface area contributed by atoms with Gasteiger partial charge in [-0.1, -0.05) is 20.3 Å². The smallest absolute Gasteiger partial charge is 0.335 e. The fourth-order valence-electron chi connectivity index (χ4n) is 1.63. The summed E-state index contributed by atoms with van der Waals surface area (Å²) in [6.45, 7) is 6.29. The van der Waals surface area contributed by atoms with Gasteiger partial charge >= 0.3 is 12.0 Å². The van der Waals surface area contributed by atoms with Crippen LogP contribution in [0.3, 0.4) is 0 Å². The van der Waals surface area contributed by atoms with Crippen LogP contribution in [-0.4, -0.2) is 28.1 Å². The number of aromatic nitrogens is 1. The molecular weight excluding hydrogens is 258 g/mol. The van der Waals surface area contributed by atoms with Crippen LogP contribution >= 0.6 is 0 Å². The Morgan fingerprint density at radius 2 is 2.10 bits per heavy atom. The lowest BCUT2D eigenvalue weighted by Gasteiger charge is -2.20. The number of nitrogens with zero attached hydrogens (tertiary/aromatic N) is 1. The van der Waals surface area contributed by atoms with Crippen LogP contribution in [0, 0.1) is 5.92 Å². The molecule has 0 aromatic carbocycles. The van der Waals surface area contributed by atoms with Gasteiger partial charge in [-0.15, -0.1) is 0 Å². The first-order valence-electron chi connectivity index (χ1n) is 6.66. The molecule has 110 valence electrons. The molecule has 0 radical (unpaired) electrons. The maximum Gasteiger partial charge on any atom is 0.335 e. The molecular formula is C14H21N3O3. The average Bonchev–Trinajstić information content (AvgIpc) is 2.44. The van der Waals surface area contributed by atoms with E-state index < -0.39 is 5.97 Å². The predicted octanol–water partition coefficient (Wildman–Crippen LogP) is 2.01. The molecule has 6 heteroatoms. The Bertz CT molecular complexity index is 476. The summed E-state index contributed by atoms with van der Waals surface area (Å²) in [5.41, 5.74) is 0.668. The van der Waals surface area contributed by atoms with E-state index in [9.17, 15) is 9.59 Å². The zero-order valence-electron chi connectivity index (χ0n) is 12.0. The topological polar surface area (TPSA) is 91.3 Å². The van der Waals surface area contributed by atoms with E-state index in [-0.39, 0.29) is 24.2 Å². The first-order valence-corrected chi connectivity index (χ1v) is 6.66. The van der Waals surface area contributed by atoms with Crippen LogP contribution in [0.4, 0.5) is 4.79 Å². The zero-order valence-corrected chi connectivity index (χ0v) is 12.0. The number of pyridine rings is 1. The normalized spacial score (nSPS) is 13.3. The van der Waals surface area contributed by atoms with Crippen molar-refractivity contribution in [2.24, 2.45) is 5.92 Å². The van der Waals surface area contributed by atoms with E-state index in [2.05, 4.69) is 29.5 Å². The highest BCUT2D eigenvalue weighted by atomic mass is 16.4. The number of hydrogen-bond donors (Lipinski definition) is 3. The van der Waals surface area contributed by atoms with Crippen LogP contribution in [0.15, 0.2) is 18.3 Å². The summed E-state index contributed by atoms with van der Waals surface area (Å²) in [6.07, 6.45) is 2.41. The largest absolute Gasteiger partial charge is 0.478 e. The van der Waals surface area contributed by atoms with E-state index in [4.69, 9.17) is 5.11 Å². The van der Waals surface area contributed by atoms with Crippen molar-refractivity contribution in [3.05, 3.63) is 29.6 Å². The molecule has 0 spiro atoms. The molecule has 0 aliphatic carbocycles. The Morgan fingerprint density at radius 1 is 1.40 bits per heavy atom. The molecule has 3 N–H and O–H groups in total. The van der Waals surface area contributed by atoms with Gasteiger partial charge in [0.15, 0.2) is 0 Å². The van der Waals surface area contributed by atoms with Crippen LogP contribution in [0.5, 0.6) is 0 Å². The van der Waals surface area contributed by atoms with E-state index in [1.807, 2.05) is 6.92 Å². The van der Waals surface area contributed by atoms with Crippen molar-refractivity contribution >= 4 is 12.0 Å². The highest BCUT2D eigenvalue weighted by molar-refractivity contribution is 5.87. The van der Waals surface area contributed by atoms with Gasteiger partial charge in [-0.25, -0.2) is 9.59 Å². The Labute approximate surface area is 118 Å². The minimum atomic E-state index is -1.01. The number of carboxylic acid groups (broad SMARTS) is 1. The lowest BCUT2D eigenvalue weighted by atomic mass is 10.0. The van der Waals surface area contributed by atoms with Crippen LogP contribution < -0.4 is 10.6 Å². The molecule has 1 aromatic rings. The molecule has 2 unspecified atom stereocenters. The summed E-state index contributed by atoms with van der Waals surface area (Å²) in [7, 11) is 0. The molecule has 0 saturated carbocycles. The van der Waals surface area contributed by atoms with Gasteiger partial charge in [0.05, 0.1) is 17.8 Å². The quantitative estimate of drug-likeness (QED) is 0.743. The van der Waals surface area contributed by atoms with Crippen molar-refractivity contribution in [3.8, 4) is 0 Å². The minimum absolute atomic E-state index is 0.0818. The number of carboxylic acids is 1. The number of urea groups is 1. The van der Waals surface area contributed by atoms with E-state index in [1.165, 1.54) is 18.3 Å². The summed E-state index contributed by atoms with van der Waals surface area (Å²) >= 11 is 0. The van der Waals surface area contributed by atoms with Crippen molar-refractivity contribution in [2.75, 3.05) is 0 Å². The summed E-state index contributed by atoms with van der Waals surface area (Å²) in [4.78, 5) is 26.5. The molecule has 0 aliphatic rings. The van der Waals surface area contributed by atoms with Crippen LogP contribution in [0.2, 0.25) is 0 Å². The van der Waals surface area contributed by atoms with Gasteiger partial charge in [0.25, 0.3) is 0 Å². The second-order valence-electron chi connectivity index (χ2n) is 4.84. The number of rotatable bonds is 6. The van der Waals surface area contributed by atoms with Crippen molar-refractivity contribution in [1.29, 1.82) is 0 Å². The zero-order chi connectivity index (χ0) is 15.1. The molecule has 0 fully saturated rings. The lowest BCUT2D eigenvalue weighted by molar-refractivity contribution is 0.0696. The van der Waals surface area contributed by atoms with Crippen molar-refractivity contribution in [1.82, 2.24) is 15.6 Å². The molecule has 2 atom stereocenters. The van der Waals surface area contributed by atoms with Gasteiger partial charge in [-0.2, -0.15) is 0 Å². The summed E-state index contributed by atoms with van der Waals surface area (Å²) in [5.74, 6) is -0.613. The van der Waals surface area contributed by atoms with Crippen molar-refractivity contribution in [3.63, 3.8) is 0 Å². The maximum atomic E-state index is 11.7. The number of amides is 2. The second-order valence-corrected chi connectivity index (χ2v) is 4.84. The predicted molar refractivity (Wildman–Crippen MR) is 75.5 cm³/mol. The monoisotopic (exact) mass is 279 g/mol. The molecule has 0 saturated heterocycles. The van der Waals surface area contributed by atoms with Gasteiger partial charge in [-0.3, -0.25) is 4.98 Å². The fourth-order valence-corrected chi connectivity index (χ4v) is 1.63. The van der Waals surface area contributed by atoms with Gasteiger partial charge in [0, 0.05) is 12.2 Å². The maximum absolute atomic E-state index is 11.7. The Kier molecular flexibility index (Phi) is 5.96. The van der Waals surface area contributed by atoms with Gasteiger partial charge in [-0.05, 0) is 25.0 Å². The summed E-state index contributed by atoms with van der Waals surface area (Å²) in [6, 6.07) is 2.66. The molecule has 6 nitrogen and oxygen atoms in total. The molecule has 20 heavy (non-hydrogen) atoms. The van der Waals surface area contributed by atoms with Gasteiger partial charge in [0.2, 0.25) is 0 Å². The van der Waals surface area contributed by atoms with E-state index in [1.54, 1.807) is 0 Å². The molecule has 1 heterocycles. The fraction of sp³-hybridized carbons (Fsp3) is 0.500. The standard InChI is InChI=1S/C14H21N3O3/c1-4-9(2)10(3)17-14(20)16-8-12-7-11(13(18)19)5-6-15-12/h5-7,9-10H,4,8H2,1-3H3,(H,18,19)(H2,16,17,20).